The van der Waals surface area contributed by atoms with E-state index in [1.54, 1.807) is 13.0 Å². The van der Waals surface area contributed by atoms with Crippen LogP contribution in [0.3, 0.4) is 0 Å². The number of rotatable bonds is 7. The third kappa shape index (κ3) is 4.34. The summed E-state index contributed by atoms with van der Waals surface area (Å²) < 4.78 is 5.57. The fourth-order valence-corrected chi connectivity index (χ4v) is 3.35. The fourth-order valence-electron chi connectivity index (χ4n) is 2.64. The maximum atomic E-state index is 12.5. The van der Waals surface area contributed by atoms with Gasteiger partial charge in [-0.3, -0.25) is 20.2 Å². The van der Waals surface area contributed by atoms with Gasteiger partial charge in [-0.05, 0) is 43.7 Å². The van der Waals surface area contributed by atoms with Crippen molar-refractivity contribution in [1.82, 2.24) is 4.98 Å². The van der Waals surface area contributed by atoms with Crippen LogP contribution in [0.15, 0.2) is 47.8 Å². The number of carbonyl (C=O) groups excluding carboxylic acids is 1. The standard InChI is InChI=1S/C20H19N3O4S/c1-3-11-27-15-9-7-14(8-10-15)17-12-28-20(21-17)22-19(24)16-5-4-6-18(13(16)2)23(25)26/h4-10,12H,3,11H2,1-2H3,(H,21,22,24). The van der Waals surface area contributed by atoms with Gasteiger partial charge in [-0.15, -0.1) is 11.3 Å². The maximum absolute atomic E-state index is 12.5. The highest BCUT2D eigenvalue weighted by atomic mass is 32.1. The van der Waals surface area contributed by atoms with Crippen molar-refractivity contribution in [3.8, 4) is 17.0 Å². The average molecular weight is 397 g/mol. The minimum absolute atomic E-state index is 0.0853. The predicted molar refractivity (Wildman–Crippen MR) is 109 cm³/mol. The van der Waals surface area contributed by atoms with Gasteiger partial charge >= 0.3 is 0 Å². The summed E-state index contributed by atoms with van der Waals surface area (Å²) >= 11 is 1.29. The lowest BCUT2D eigenvalue weighted by molar-refractivity contribution is -0.385. The lowest BCUT2D eigenvalue weighted by atomic mass is 10.1. The van der Waals surface area contributed by atoms with E-state index in [2.05, 4.69) is 17.2 Å². The van der Waals surface area contributed by atoms with Gasteiger partial charge in [0, 0.05) is 28.1 Å². The van der Waals surface area contributed by atoms with Crippen molar-refractivity contribution in [2.75, 3.05) is 11.9 Å². The Hall–Kier alpha value is -3.26. The molecule has 0 atom stereocenters. The summed E-state index contributed by atoms with van der Waals surface area (Å²) in [5.74, 6) is 0.376. The highest BCUT2D eigenvalue weighted by Crippen LogP contribution is 2.28. The zero-order valence-corrected chi connectivity index (χ0v) is 16.3. The summed E-state index contributed by atoms with van der Waals surface area (Å²) in [4.78, 5) is 27.5. The SMILES string of the molecule is CCCOc1ccc(-c2csc(NC(=O)c3cccc([N+](=O)[O-])c3C)n2)cc1. The molecular formula is C20H19N3O4S. The molecule has 7 nitrogen and oxygen atoms in total. The minimum Gasteiger partial charge on any atom is -0.494 e. The molecule has 3 aromatic rings. The number of aromatic nitrogens is 1. The first-order chi connectivity index (χ1) is 13.5. The van der Waals surface area contributed by atoms with Crippen LogP contribution in [0.25, 0.3) is 11.3 Å². The van der Waals surface area contributed by atoms with E-state index in [1.807, 2.05) is 29.6 Å². The van der Waals surface area contributed by atoms with Gasteiger partial charge in [0.2, 0.25) is 0 Å². The van der Waals surface area contributed by atoms with Gasteiger partial charge in [-0.2, -0.15) is 0 Å². The largest absolute Gasteiger partial charge is 0.494 e. The Morgan fingerprint density at radius 1 is 1.25 bits per heavy atom. The summed E-state index contributed by atoms with van der Waals surface area (Å²) in [6.45, 7) is 4.28. The summed E-state index contributed by atoms with van der Waals surface area (Å²) in [6.07, 6.45) is 0.945. The molecule has 0 unspecified atom stereocenters. The van der Waals surface area contributed by atoms with Crippen molar-refractivity contribution in [2.24, 2.45) is 0 Å². The molecule has 1 N–H and O–H groups in total. The monoisotopic (exact) mass is 397 g/mol. The molecule has 8 heteroatoms. The van der Waals surface area contributed by atoms with E-state index in [4.69, 9.17) is 4.74 Å². The molecule has 0 aliphatic rings. The molecule has 0 radical (unpaired) electrons. The topological polar surface area (TPSA) is 94.4 Å². The molecule has 144 valence electrons. The van der Waals surface area contributed by atoms with E-state index in [9.17, 15) is 14.9 Å². The quantitative estimate of drug-likeness (QED) is 0.444. The number of nitro groups is 1. The van der Waals surface area contributed by atoms with Crippen LogP contribution < -0.4 is 10.1 Å². The maximum Gasteiger partial charge on any atom is 0.273 e. The summed E-state index contributed by atoms with van der Waals surface area (Å²) in [6, 6.07) is 12.0. The second-order valence-corrected chi connectivity index (χ2v) is 6.93. The van der Waals surface area contributed by atoms with E-state index in [-0.39, 0.29) is 11.3 Å². The number of nitrogens with zero attached hydrogens (tertiary/aromatic N) is 2. The first-order valence-corrected chi connectivity index (χ1v) is 9.61. The Morgan fingerprint density at radius 3 is 2.68 bits per heavy atom. The van der Waals surface area contributed by atoms with Crippen LogP contribution in [0.5, 0.6) is 5.75 Å². The van der Waals surface area contributed by atoms with Crippen LogP contribution in [0.4, 0.5) is 10.8 Å². The Kier molecular flexibility index (Phi) is 6.00. The zero-order chi connectivity index (χ0) is 20.1. The van der Waals surface area contributed by atoms with E-state index >= 15 is 0 Å². The molecule has 3 rings (SSSR count). The van der Waals surface area contributed by atoms with Crippen molar-refractivity contribution in [3.63, 3.8) is 0 Å². The van der Waals surface area contributed by atoms with Crippen molar-refractivity contribution in [3.05, 3.63) is 69.1 Å². The normalized spacial score (nSPS) is 10.5. The summed E-state index contributed by atoms with van der Waals surface area (Å²) in [5.41, 5.74) is 2.14. The first kappa shape index (κ1) is 19.5. The number of benzene rings is 2. The van der Waals surface area contributed by atoms with Gasteiger partial charge in [-0.25, -0.2) is 4.98 Å². The van der Waals surface area contributed by atoms with Gasteiger partial charge in [0.15, 0.2) is 5.13 Å². The third-order valence-electron chi connectivity index (χ3n) is 4.09. The molecule has 0 fully saturated rings. The van der Waals surface area contributed by atoms with E-state index < -0.39 is 10.8 Å². The number of hydrogen-bond acceptors (Lipinski definition) is 6. The predicted octanol–water partition coefficient (Wildman–Crippen LogP) is 5.07. The molecule has 0 bridgehead atoms. The fraction of sp³-hybridized carbons (Fsp3) is 0.200. The number of nitrogens with one attached hydrogen (secondary N) is 1. The smallest absolute Gasteiger partial charge is 0.273 e. The lowest BCUT2D eigenvalue weighted by Crippen LogP contribution is -2.14. The third-order valence-corrected chi connectivity index (χ3v) is 4.85. The second-order valence-electron chi connectivity index (χ2n) is 6.07. The van der Waals surface area contributed by atoms with Crippen molar-refractivity contribution in [1.29, 1.82) is 0 Å². The van der Waals surface area contributed by atoms with Crippen molar-refractivity contribution >= 4 is 28.1 Å². The highest BCUT2D eigenvalue weighted by Gasteiger charge is 2.19. The Balaban J connectivity index is 1.73. The average Bonchev–Trinajstić information content (AvgIpc) is 3.15. The van der Waals surface area contributed by atoms with Crippen LogP contribution in [-0.4, -0.2) is 22.4 Å². The van der Waals surface area contributed by atoms with Gasteiger partial charge in [0.05, 0.1) is 17.2 Å². The molecule has 0 aliphatic heterocycles. The van der Waals surface area contributed by atoms with Crippen LogP contribution in [0, 0.1) is 17.0 Å². The first-order valence-electron chi connectivity index (χ1n) is 8.73. The Bertz CT molecular complexity index is 999. The van der Waals surface area contributed by atoms with Crippen molar-refractivity contribution < 1.29 is 14.5 Å². The lowest BCUT2D eigenvalue weighted by Gasteiger charge is -2.06. The van der Waals surface area contributed by atoms with Gasteiger partial charge < -0.3 is 4.74 Å². The number of hydrogen-bond donors (Lipinski definition) is 1. The van der Waals surface area contributed by atoms with Gasteiger partial charge in [0.25, 0.3) is 11.6 Å². The molecule has 0 spiro atoms. The number of anilines is 1. The molecule has 0 saturated heterocycles. The van der Waals surface area contributed by atoms with Gasteiger partial charge in [0.1, 0.15) is 5.75 Å². The van der Waals surface area contributed by atoms with Crippen molar-refractivity contribution in [2.45, 2.75) is 20.3 Å². The number of ether oxygens (including phenoxy) is 1. The van der Waals surface area contributed by atoms with E-state index in [0.29, 0.717) is 17.3 Å². The number of amides is 1. The van der Waals surface area contributed by atoms with E-state index in [0.717, 1.165) is 23.4 Å². The molecule has 28 heavy (non-hydrogen) atoms. The number of thiazole rings is 1. The molecule has 0 aliphatic carbocycles. The number of carbonyl (C=O) groups is 1. The molecule has 1 amide bonds. The van der Waals surface area contributed by atoms with E-state index in [1.165, 1.54) is 23.5 Å². The zero-order valence-electron chi connectivity index (χ0n) is 15.5. The molecule has 0 saturated carbocycles. The van der Waals surface area contributed by atoms with Crippen LogP contribution in [0.1, 0.15) is 29.3 Å². The van der Waals surface area contributed by atoms with Crippen LogP contribution in [-0.2, 0) is 0 Å². The Labute approximate surface area is 166 Å². The minimum atomic E-state index is -0.499. The van der Waals surface area contributed by atoms with Gasteiger partial charge in [-0.1, -0.05) is 13.0 Å². The molecule has 1 aromatic heterocycles. The van der Waals surface area contributed by atoms with Crippen LogP contribution in [0.2, 0.25) is 0 Å². The molecule has 2 aromatic carbocycles. The Morgan fingerprint density at radius 2 is 2.00 bits per heavy atom. The second kappa shape index (κ2) is 8.62. The summed E-state index contributed by atoms with van der Waals surface area (Å²) in [7, 11) is 0. The highest BCUT2D eigenvalue weighted by molar-refractivity contribution is 7.14. The van der Waals surface area contributed by atoms with Crippen LogP contribution >= 0.6 is 11.3 Å². The summed E-state index contributed by atoms with van der Waals surface area (Å²) in [5, 5.41) is 16.0. The number of nitro benzene ring substituents is 1. The molecular weight excluding hydrogens is 378 g/mol. The molecule has 1 heterocycles.